The summed E-state index contributed by atoms with van der Waals surface area (Å²) in [7, 11) is 0. The van der Waals surface area contributed by atoms with Gasteiger partial charge in [-0.15, -0.1) is 0 Å². The van der Waals surface area contributed by atoms with Gasteiger partial charge >= 0.3 is 0 Å². The number of oxime groups is 1. The van der Waals surface area contributed by atoms with Gasteiger partial charge in [-0.05, 0) is 166 Å². The lowest BCUT2D eigenvalue weighted by Gasteiger charge is -2.42. The maximum Gasteiger partial charge on any atom is 0.280 e. The molecule has 0 spiro atoms. The number of hydrogen-bond donors (Lipinski definition) is 10. The van der Waals surface area contributed by atoms with Gasteiger partial charge < -0.3 is 85.6 Å². The van der Waals surface area contributed by atoms with Crippen LogP contribution < -0.4 is 47.0 Å². The minimum absolute atomic E-state index is 0.117. The van der Waals surface area contributed by atoms with E-state index in [-0.39, 0.29) is 31.1 Å². The van der Waals surface area contributed by atoms with Crippen LogP contribution in [0.4, 0.5) is 17.5 Å². The van der Waals surface area contributed by atoms with Crippen LogP contribution >= 0.6 is 0 Å². The second kappa shape index (κ2) is 40.6. The number of amidine groups is 2. The second-order valence-electron chi connectivity index (χ2n) is 34.1. The number of aryl methyl sites for hydroxylation is 4. The third-order valence-electron chi connectivity index (χ3n) is 25.2. The van der Waals surface area contributed by atoms with Gasteiger partial charge in [-0.3, -0.25) is 5.41 Å². The number of nitrogens with zero attached hydrogens (tertiary/aromatic N) is 15. The number of anilines is 3. The molecule has 117 heavy (non-hydrogen) atoms. The number of benzene rings is 2. The molecule has 5 aliphatic heterocycles. The van der Waals surface area contributed by atoms with Crippen LogP contribution in [0.25, 0.3) is 56.4 Å². The van der Waals surface area contributed by atoms with Crippen molar-refractivity contribution in [1.82, 2.24) is 81.8 Å². The number of pyridine rings is 2. The Kier molecular flexibility index (Phi) is 29.3. The SMILES string of the molecule is CCC1CN(C(=N)C(/C=C(/C)N)=C2NC(C)=NO2)CCC1NC1CCCCC1.Cc1cnc(N2CCC(NC3CCCCC3)C(CO)C2)c(-c2nc(C)no2)c1.Cc1noc(-c2cc3ccccc3nc2N2CCC(NC3CCCCC3)C(CO)C2)n1.Cc1noc(-c2nc3ccccc3nc2N2CC[C@@H](NC3CCCCC3)[C@H](O)C2)n1. The summed E-state index contributed by atoms with van der Waals surface area (Å²) in [6.45, 7) is 20.1. The van der Waals surface area contributed by atoms with E-state index < -0.39 is 6.10 Å². The molecule has 8 atom stereocenters. The number of allylic oxidation sites excluding steroid dienone is 1. The maximum absolute atomic E-state index is 10.9. The molecular formula is C88H126N22O7. The third kappa shape index (κ3) is 21.9. The monoisotopic (exact) mass is 1600 g/mol. The number of nitrogens with one attached hydrogen (secondary N) is 6. The molecule has 4 saturated heterocycles. The number of nitrogens with two attached hydrogens (primary N) is 1. The van der Waals surface area contributed by atoms with Crippen molar-refractivity contribution in [3.63, 3.8) is 0 Å². The first-order valence-electron chi connectivity index (χ1n) is 43.7. The number of hydrogen-bond acceptors (Lipinski definition) is 28. The van der Waals surface area contributed by atoms with E-state index in [0.717, 1.165) is 128 Å². The first-order valence-corrected chi connectivity index (χ1v) is 43.7. The molecule has 0 radical (unpaired) electrons. The van der Waals surface area contributed by atoms with Crippen LogP contribution in [0, 0.1) is 50.9 Å². The molecule has 0 bridgehead atoms. The predicted octanol–water partition coefficient (Wildman–Crippen LogP) is 12.4. The molecule has 29 heteroatoms. The molecular weight excluding hydrogens is 1480 g/mol. The minimum Gasteiger partial charge on any atom is -0.402 e. The van der Waals surface area contributed by atoms with Gasteiger partial charge in [-0.2, -0.15) is 15.0 Å². The number of aliphatic hydroxyl groups excluding tert-OH is 3. The Labute approximate surface area is 688 Å². The van der Waals surface area contributed by atoms with Gasteiger partial charge in [0.1, 0.15) is 23.3 Å². The zero-order valence-electron chi connectivity index (χ0n) is 69.9. The first-order chi connectivity index (χ1) is 57.0. The Morgan fingerprint density at radius 3 is 1.46 bits per heavy atom. The van der Waals surface area contributed by atoms with Crippen LogP contribution in [0.2, 0.25) is 0 Å². The molecule has 630 valence electrons. The summed E-state index contributed by atoms with van der Waals surface area (Å²) in [6, 6.07) is 23.8. The number of aliphatic hydroxyl groups is 3. The minimum atomic E-state index is -0.466. The van der Waals surface area contributed by atoms with Crippen molar-refractivity contribution in [3.8, 4) is 34.5 Å². The van der Waals surface area contributed by atoms with Crippen molar-refractivity contribution in [1.29, 1.82) is 5.41 Å². The van der Waals surface area contributed by atoms with Gasteiger partial charge in [0.2, 0.25) is 5.88 Å². The van der Waals surface area contributed by atoms with E-state index in [1.807, 2.05) is 83.3 Å². The van der Waals surface area contributed by atoms with Gasteiger partial charge in [0.05, 0.1) is 39.4 Å². The number of para-hydroxylation sites is 3. The number of fused-ring (bicyclic) bond motifs is 2. The fraction of sp³-hybridized carbons (Fsp3) is 0.614. The number of piperidine rings is 4. The molecule has 8 fully saturated rings. The topological polar surface area (TPSA) is 374 Å². The molecule has 8 aromatic rings. The van der Waals surface area contributed by atoms with Crippen LogP contribution in [0.3, 0.4) is 0 Å². The van der Waals surface area contributed by atoms with Crippen LogP contribution in [0.5, 0.6) is 0 Å². The Morgan fingerprint density at radius 2 is 0.974 bits per heavy atom. The average Bonchev–Trinajstić information content (AvgIpc) is 1.79. The summed E-state index contributed by atoms with van der Waals surface area (Å²) < 4.78 is 16.4. The first kappa shape index (κ1) is 84.4. The Bertz CT molecular complexity index is 4630. The molecule has 29 nitrogen and oxygen atoms in total. The van der Waals surface area contributed by atoms with Crippen molar-refractivity contribution >= 4 is 51.1 Å². The summed E-state index contributed by atoms with van der Waals surface area (Å²) >= 11 is 0. The van der Waals surface area contributed by atoms with Crippen LogP contribution in [0.15, 0.2) is 109 Å². The Balaban J connectivity index is 0.000000129. The summed E-state index contributed by atoms with van der Waals surface area (Å²) in [5.74, 6) is 8.08. The molecule has 6 unspecified atom stereocenters. The van der Waals surface area contributed by atoms with Crippen molar-refractivity contribution in [2.45, 2.75) is 263 Å². The van der Waals surface area contributed by atoms with E-state index in [9.17, 15) is 15.3 Å². The lowest BCUT2D eigenvalue weighted by molar-refractivity contribution is 0.103. The third-order valence-corrected chi connectivity index (χ3v) is 25.2. The summed E-state index contributed by atoms with van der Waals surface area (Å²) in [5, 5.41) is 75.2. The van der Waals surface area contributed by atoms with E-state index in [1.54, 1.807) is 13.0 Å². The van der Waals surface area contributed by atoms with Gasteiger partial charge in [-0.1, -0.05) is 141 Å². The van der Waals surface area contributed by atoms with Gasteiger partial charge in [0.15, 0.2) is 29.0 Å². The van der Waals surface area contributed by atoms with Gasteiger partial charge in [0.25, 0.3) is 17.7 Å². The number of aromatic nitrogens is 10. The maximum atomic E-state index is 10.9. The van der Waals surface area contributed by atoms with Crippen molar-refractivity contribution in [2.75, 3.05) is 80.3 Å². The summed E-state index contributed by atoms with van der Waals surface area (Å²) in [5.41, 5.74) is 13.1. The lowest BCUT2D eigenvalue weighted by Crippen LogP contribution is -2.55. The van der Waals surface area contributed by atoms with Crippen LogP contribution in [-0.2, 0) is 4.84 Å². The van der Waals surface area contributed by atoms with Crippen LogP contribution in [0.1, 0.15) is 204 Å². The van der Waals surface area contributed by atoms with Crippen molar-refractivity contribution in [3.05, 3.63) is 113 Å². The highest BCUT2D eigenvalue weighted by Crippen LogP contribution is 2.38. The zero-order valence-corrected chi connectivity index (χ0v) is 69.9. The van der Waals surface area contributed by atoms with E-state index in [4.69, 9.17) is 49.5 Å². The molecule has 4 aliphatic carbocycles. The largest absolute Gasteiger partial charge is 0.402 e. The normalized spacial score (nSPS) is 24.5. The van der Waals surface area contributed by atoms with Crippen molar-refractivity contribution in [2.24, 2.45) is 28.6 Å². The van der Waals surface area contributed by atoms with Gasteiger partial charge in [0, 0.05) is 143 Å². The number of likely N-dealkylation sites (tertiary alicyclic amines) is 1. The van der Waals surface area contributed by atoms with E-state index >= 15 is 0 Å². The van der Waals surface area contributed by atoms with Crippen molar-refractivity contribution < 1.29 is 33.7 Å². The molecule has 4 saturated carbocycles. The molecule has 17 rings (SSSR count). The highest BCUT2D eigenvalue weighted by molar-refractivity contribution is 6.00. The Hall–Kier alpha value is -9.10. The molecule has 2 aromatic carbocycles. The van der Waals surface area contributed by atoms with E-state index in [0.29, 0.717) is 130 Å². The standard InChI is InChI=1S/C24H31N5O2.C22H28N6O2.C21H36N6O.C21H31N5O2/c1-16-25-24(31-28-16)20-13-17-7-5-6-10-21(17)27-23(20)29-12-11-22(18(14-29)15-30)26-19-8-3-2-4-9-19;1-14-23-22(30-27-14)20-21(26-17-10-6-5-9-16(17)25-20)28-12-11-18(19(29)13-28)24-15-7-3-2-4-8-15;1-4-16-13-27(11-10-19(16)25-17-8-6-5-7-9-17)20(23)18(12-14(2)22)21-24-15(3)26-28-21;1-14-10-18(21-23-15(2)25-28-21)20(22-11-14)26-9-8-19(16(12-26)13-27)24-17-6-4-3-5-7-17/h5-7,10,13,18-19,22,26,30H,2-4,8-9,11-12,14-15H2,1H3;5-6,9-10,15,18-19,24,29H,2-4,7-8,11-13H2,1H3;12,16-17,19,23,25H,4-11,13,22H2,1-3H3,(H,24,26);10-11,16-17,19,24,27H,3-9,12-13H2,1-2H3/b;;14-12-,21-18?,23-20?;/t;18-,19-;;/m.1../s1. The van der Waals surface area contributed by atoms with E-state index in [2.05, 4.69) is 107 Å². The van der Waals surface area contributed by atoms with E-state index in [1.165, 1.54) is 128 Å². The predicted molar refractivity (Wildman–Crippen MR) is 457 cm³/mol. The molecule has 11 heterocycles. The highest BCUT2D eigenvalue weighted by atomic mass is 16.7. The quantitative estimate of drug-likeness (QED) is 0.0265. The molecule has 11 N–H and O–H groups in total. The summed E-state index contributed by atoms with van der Waals surface area (Å²) in [6.07, 6.45) is 34.3. The fourth-order valence-electron chi connectivity index (χ4n) is 18.8. The van der Waals surface area contributed by atoms with Gasteiger partial charge in [-0.25, -0.2) is 19.9 Å². The summed E-state index contributed by atoms with van der Waals surface area (Å²) in [4.78, 5) is 46.7. The highest BCUT2D eigenvalue weighted by Gasteiger charge is 2.39. The average molecular weight is 1600 g/mol. The molecule has 9 aliphatic rings. The number of rotatable bonds is 19. The second-order valence-corrected chi connectivity index (χ2v) is 34.1. The lowest BCUT2D eigenvalue weighted by atomic mass is 9.87. The smallest absolute Gasteiger partial charge is 0.280 e. The Morgan fingerprint density at radius 1 is 0.521 bits per heavy atom. The van der Waals surface area contributed by atoms with Crippen LogP contribution in [-0.4, -0.2) is 202 Å². The fourth-order valence-corrected chi connectivity index (χ4v) is 18.8. The zero-order chi connectivity index (χ0) is 81.3. The molecule has 6 aromatic heterocycles. The number of β-amino-alcohol motifs (C(OH)–C–C–N with tert-alkyl or cyclic N) is 1. The molecule has 0 amide bonds.